The van der Waals surface area contributed by atoms with Crippen LogP contribution < -0.4 is 4.74 Å². The van der Waals surface area contributed by atoms with Gasteiger partial charge in [0.05, 0.1) is 0 Å². The Kier molecular flexibility index (Phi) is 6.60. The topological polar surface area (TPSA) is 24.9 Å². The molecule has 0 bridgehead atoms. The molecular formula is C22H36N2O2. The lowest BCUT2D eigenvalue weighted by molar-refractivity contribution is 0.0401. The summed E-state index contributed by atoms with van der Waals surface area (Å²) in [5, 5.41) is 0. The normalized spacial score (nSPS) is 22.1. The van der Waals surface area contributed by atoms with Gasteiger partial charge in [0.1, 0.15) is 11.9 Å². The molecule has 146 valence electrons. The van der Waals surface area contributed by atoms with Crippen molar-refractivity contribution in [2.75, 3.05) is 46.9 Å². The molecule has 26 heavy (non-hydrogen) atoms. The fourth-order valence-electron chi connectivity index (χ4n) is 4.50. The SMILES string of the molecule is CC(C)N1CCC(Oc2ccc(C3(CN(C)C)CCOCC3)cc2)CC1. The second-order valence-electron chi connectivity index (χ2n) is 8.60. The molecule has 0 aromatic heterocycles. The minimum absolute atomic E-state index is 0.211. The molecule has 0 saturated carbocycles. The van der Waals surface area contributed by atoms with Crippen LogP contribution in [-0.4, -0.2) is 68.9 Å². The highest BCUT2D eigenvalue weighted by molar-refractivity contribution is 5.33. The third-order valence-corrected chi connectivity index (χ3v) is 6.05. The molecule has 0 atom stereocenters. The molecule has 2 saturated heterocycles. The molecule has 0 spiro atoms. The van der Waals surface area contributed by atoms with Crippen LogP contribution in [0.3, 0.4) is 0 Å². The first kappa shape index (κ1) is 19.7. The number of benzene rings is 1. The van der Waals surface area contributed by atoms with Crippen molar-refractivity contribution in [3.63, 3.8) is 0 Å². The highest BCUT2D eigenvalue weighted by atomic mass is 16.5. The van der Waals surface area contributed by atoms with Gasteiger partial charge in [-0.3, -0.25) is 0 Å². The van der Waals surface area contributed by atoms with Crippen LogP contribution in [0.4, 0.5) is 0 Å². The lowest BCUT2D eigenvalue weighted by atomic mass is 9.74. The van der Waals surface area contributed by atoms with Crippen molar-refractivity contribution in [3.05, 3.63) is 29.8 Å². The predicted molar refractivity (Wildman–Crippen MR) is 107 cm³/mol. The molecule has 0 N–H and O–H groups in total. The molecule has 4 heteroatoms. The van der Waals surface area contributed by atoms with Gasteiger partial charge in [-0.1, -0.05) is 12.1 Å². The maximum absolute atomic E-state index is 6.28. The van der Waals surface area contributed by atoms with E-state index in [0.717, 1.165) is 64.3 Å². The zero-order valence-corrected chi connectivity index (χ0v) is 17.0. The molecular weight excluding hydrogens is 324 g/mol. The summed E-state index contributed by atoms with van der Waals surface area (Å²) in [6, 6.07) is 9.57. The number of likely N-dealkylation sites (tertiary alicyclic amines) is 1. The average Bonchev–Trinajstić information content (AvgIpc) is 2.63. The van der Waals surface area contributed by atoms with E-state index < -0.39 is 0 Å². The number of hydrogen-bond acceptors (Lipinski definition) is 4. The zero-order valence-electron chi connectivity index (χ0n) is 17.0. The lowest BCUT2D eigenvalue weighted by Gasteiger charge is -2.40. The summed E-state index contributed by atoms with van der Waals surface area (Å²) < 4.78 is 11.9. The smallest absolute Gasteiger partial charge is 0.119 e. The summed E-state index contributed by atoms with van der Waals surface area (Å²) in [6.07, 6.45) is 4.80. The largest absolute Gasteiger partial charge is 0.490 e. The molecule has 0 unspecified atom stereocenters. The predicted octanol–water partition coefficient (Wildman–Crippen LogP) is 3.55. The highest BCUT2D eigenvalue weighted by Gasteiger charge is 2.35. The molecule has 0 amide bonds. The van der Waals surface area contributed by atoms with Crippen LogP contribution in [0.5, 0.6) is 5.75 Å². The van der Waals surface area contributed by atoms with Gasteiger partial charge in [0.25, 0.3) is 0 Å². The Morgan fingerprint density at radius 3 is 2.27 bits per heavy atom. The Morgan fingerprint density at radius 2 is 1.73 bits per heavy atom. The summed E-state index contributed by atoms with van der Waals surface area (Å²) in [5.41, 5.74) is 1.64. The van der Waals surface area contributed by atoms with E-state index >= 15 is 0 Å². The van der Waals surface area contributed by atoms with Gasteiger partial charge in [-0.2, -0.15) is 0 Å². The summed E-state index contributed by atoms with van der Waals surface area (Å²) in [4.78, 5) is 4.84. The van der Waals surface area contributed by atoms with Crippen molar-refractivity contribution in [2.24, 2.45) is 0 Å². The quantitative estimate of drug-likeness (QED) is 0.775. The summed E-state index contributed by atoms with van der Waals surface area (Å²) >= 11 is 0. The van der Waals surface area contributed by atoms with Gasteiger partial charge in [-0.05, 0) is 71.3 Å². The van der Waals surface area contributed by atoms with E-state index in [0.29, 0.717) is 12.1 Å². The van der Waals surface area contributed by atoms with Crippen LogP contribution in [0.15, 0.2) is 24.3 Å². The summed E-state index contributed by atoms with van der Waals surface area (Å²) in [7, 11) is 4.33. The van der Waals surface area contributed by atoms with Gasteiger partial charge in [0.2, 0.25) is 0 Å². The van der Waals surface area contributed by atoms with Gasteiger partial charge in [0.15, 0.2) is 0 Å². The van der Waals surface area contributed by atoms with E-state index in [1.807, 2.05) is 0 Å². The molecule has 1 aromatic rings. The second kappa shape index (κ2) is 8.73. The second-order valence-corrected chi connectivity index (χ2v) is 8.60. The van der Waals surface area contributed by atoms with Crippen LogP contribution in [0, 0.1) is 0 Å². The minimum Gasteiger partial charge on any atom is -0.490 e. The van der Waals surface area contributed by atoms with Gasteiger partial charge in [-0.15, -0.1) is 0 Å². The fourth-order valence-corrected chi connectivity index (χ4v) is 4.50. The molecule has 1 aromatic carbocycles. The van der Waals surface area contributed by atoms with Gasteiger partial charge >= 0.3 is 0 Å². The molecule has 0 aliphatic carbocycles. The zero-order chi connectivity index (χ0) is 18.6. The molecule has 2 aliphatic rings. The molecule has 2 aliphatic heterocycles. The maximum atomic E-state index is 6.28. The number of nitrogens with zero attached hydrogens (tertiary/aromatic N) is 2. The maximum Gasteiger partial charge on any atom is 0.119 e. The van der Waals surface area contributed by atoms with Crippen molar-refractivity contribution in [1.29, 1.82) is 0 Å². The van der Waals surface area contributed by atoms with Gasteiger partial charge < -0.3 is 19.3 Å². The Bertz CT molecular complexity index is 542. The summed E-state index contributed by atoms with van der Waals surface area (Å²) in [6.45, 7) is 9.64. The first-order chi connectivity index (χ1) is 12.5. The van der Waals surface area contributed by atoms with E-state index in [4.69, 9.17) is 9.47 Å². The van der Waals surface area contributed by atoms with Gasteiger partial charge in [0, 0.05) is 44.3 Å². The van der Waals surface area contributed by atoms with Crippen molar-refractivity contribution in [3.8, 4) is 5.75 Å². The Morgan fingerprint density at radius 1 is 1.12 bits per heavy atom. The number of piperidine rings is 1. The van der Waals surface area contributed by atoms with E-state index in [-0.39, 0.29) is 5.41 Å². The van der Waals surface area contributed by atoms with Crippen LogP contribution in [0.2, 0.25) is 0 Å². The first-order valence-corrected chi connectivity index (χ1v) is 10.2. The minimum atomic E-state index is 0.211. The number of ether oxygens (including phenoxy) is 2. The van der Waals surface area contributed by atoms with E-state index in [1.54, 1.807) is 0 Å². The summed E-state index contributed by atoms with van der Waals surface area (Å²) in [5.74, 6) is 1.02. The van der Waals surface area contributed by atoms with Crippen LogP contribution in [0.1, 0.15) is 45.1 Å². The van der Waals surface area contributed by atoms with Crippen LogP contribution >= 0.6 is 0 Å². The van der Waals surface area contributed by atoms with Crippen molar-refractivity contribution in [2.45, 2.75) is 57.1 Å². The van der Waals surface area contributed by atoms with Crippen molar-refractivity contribution in [1.82, 2.24) is 9.80 Å². The third-order valence-electron chi connectivity index (χ3n) is 6.05. The Labute approximate surface area is 159 Å². The standard InChI is InChI=1S/C22H36N2O2/c1-18(2)24-13-9-21(10-14-24)26-20-7-5-19(6-8-20)22(17-23(3)4)11-15-25-16-12-22/h5-8,18,21H,9-17H2,1-4H3. The highest BCUT2D eigenvalue weighted by Crippen LogP contribution is 2.36. The van der Waals surface area contributed by atoms with Crippen molar-refractivity contribution < 1.29 is 9.47 Å². The number of rotatable bonds is 6. The van der Waals surface area contributed by atoms with E-state index in [9.17, 15) is 0 Å². The van der Waals surface area contributed by atoms with Gasteiger partial charge in [-0.25, -0.2) is 0 Å². The lowest BCUT2D eigenvalue weighted by Crippen LogP contribution is -2.42. The monoisotopic (exact) mass is 360 g/mol. The molecule has 4 nitrogen and oxygen atoms in total. The molecule has 2 heterocycles. The first-order valence-electron chi connectivity index (χ1n) is 10.2. The van der Waals surface area contributed by atoms with Crippen LogP contribution in [-0.2, 0) is 10.2 Å². The average molecular weight is 361 g/mol. The number of likely N-dealkylation sites (N-methyl/N-ethyl adjacent to an activating group) is 1. The number of hydrogen-bond donors (Lipinski definition) is 0. The van der Waals surface area contributed by atoms with E-state index in [1.165, 1.54) is 5.56 Å². The Balaban J connectivity index is 1.62. The van der Waals surface area contributed by atoms with Crippen LogP contribution in [0.25, 0.3) is 0 Å². The fraction of sp³-hybridized carbons (Fsp3) is 0.727. The van der Waals surface area contributed by atoms with Crippen molar-refractivity contribution >= 4 is 0 Å². The molecule has 3 rings (SSSR count). The molecule has 2 fully saturated rings. The molecule has 0 radical (unpaired) electrons. The third kappa shape index (κ3) is 4.79. The Hall–Kier alpha value is -1.10. The van der Waals surface area contributed by atoms with E-state index in [2.05, 4.69) is 62.0 Å².